The van der Waals surface area contributed by atoms with Crippen molar-refractivity contribution in [1.82, 2.24) is 20.6 Å². The van der Waals surface area contributed by atoms with Gasteiger partial charge in [-0.25, -0.2) is 4.68 Å². The molecule has 0 aliphatic rings. The lowest BCUT2D eigenvalue weighted by molar-refractivity contribution is 0.0846. The van der Waals surface area contributed by atoms with Gasteiger partial charge in [0.15, 0.2) is 5.69 Å². The fourth-order valence-corrected chi connectivity index (χ4v) is 2.73. The number of nitrogens with one attached hydrogen (secondary N) is 2. The summed E-state index contributed by atoms with van der Waals surface area (Å²) in [6.45, 7) is 0. The largest absolute Gasteiger partial charge is 0.290 e. The Balaban J connectivity index is 1.88. The molecule has 0 spiro atoms. The second-order valence-electron chi connectivity index (χ2n) is 4.71. The van der Waals surface area contributed by atoms with Gasteiger partial charge in [0, 0.05) is 12.4 Å². The van der Waals surface area contributed by atoms with E-state index in [1.165, 1.54) is 18.4 Å². The van der Waals surface area contributed by atoms with Crippen molar-refractivity contribution in [3.8, 4) is 0 Å². The molecule has 0 saturated heterocycles. The maximum atomic E-state index is 12.3. The van der Waals surface area contributed by atoms with Crippen LogP contribution < -0.4 is 16.4 Å². The number of hydrogen-bond acceptors (Lipinski definition) is 5. The lowest BCUT2D eigenvalue weighted by Gasteiger charge is -2.09. The summed E-state index contributed by atoms with van der Waals surface area (Å²) >= 11 is 1.26. The number of amides is 2. The molecule has 7 nitrogen and oxygen atoms in total. The van der Waals surface area contributed by atoms with Gasteiger partial charge in [-0.3, -0.25) is 25.2 Å². The zero-order valence-electron chi connectivity index (χ0n) is 12.1. The number of hydrogen-bond donors (Lipinski definition) is 2. The number of rotatable bonds is 2. The highest BCUT2D eigenvalue weighted by Crippen LogP contribution is 2.12. The zero-order valence-corrected chi connectivity index (χ0v) is 12.9. The van der Waals surface area contributed by atoms with Gasteiger partial charge >= 0.3 is 0 Å². The van der Waals surface area contributed by atoms with Crippen LogP contribution in [-0.4, -0.2) is 21.6 Å². The van der Waals surface area contributed by atoms with E-state index in [-0.39, 0.29) is 11.3 Å². The van der Waals surface area contributed by atoms with Gasteiger partial charge in [-0.2, -0.15) is 5.10 Å². The average Bonchev–Trinajstić information content (AvgIpc) is 3.10. The van der Waals surface area contributed by atoms with Crippen molar-refractivity contribution in [3.05, 3.63) is 62.7 Å². The number of nitrogens with zero attached hydrogens (tertiary/aromatic N) is 2. The SMILES string of the molecule is Cn1nc(C(=O)NNC(=O)c2cccs2)c2ccccc2c1=O. The summed E-state index contributed by atoms with van der Waals surface area (Å²) in [5.41, 5.74) is 4.41. The Kier molecular flexibility index (Phi) is 3.90. The number of carbonyl (C=O) groups excluding carboxylic acids is 2. The van der Waals surface area contributed by atoms with E-state index in [0.29, 0.717) is 15.6 Å². The number of aromatic nitrogens is 2. The quantitative estimate of drug-likeness (QED) is 0.688. The monoisotopic (exact) mass is 328 g/mol. The minimum atomic E-state index is -0.596. The molecule has 2 amide bonds. The number of hydrazine groups is 1. The number of thiophene rings is 1. The molecule has 0 aliphatic carbocycles. The Hall–Kier alpha value is -3.00. The van der Waals surface area contributed by atoms with E-state index in [9.17, 15) is 14.4 Å². The van der Waals surface area contributed by atoms with Gasteiger partial charge in [0.05, 0.1) is 10.3 Å². The van der Waals surface area contributed by atoms with Crippen LogP contribution in [0.15, 0.2) is 46.6 Å². The van der Waals surface area contributed by atoms with Crippen molar-refractivity contribution < 1.29 is 9.59 Å². The molecule has 116 valence electrons. The minimum absolute atomic E-state index is 0.0641. The van der Waals surface area contributed by atoms with E-state index < -0.39 is 11.8 Å². The molecule has 3 rings (SSSR count). The molecule has 0 saturated carbocycles. The van der Waals surface area contributed by atoms with Crippen LogP contribution in [0.3, 0.4) is 0 Å². The molecular formula is C15H12N4O3S. The van der Waals surface area contributed by atoms with Gasteiger partial charge in [0.1, 0.15) is 0 Å². The molecule has 0 aliphatic heterocycles. The van der Waals surface area contributed by atoms with Crippen molar-refractivity contribution in [2.45, 2.75) is 0 Å². The third kappa shape index (κ3) is 2.84. The highest BCUT2D eigenvalue weighted by molar-refractivity contribution is 7.12. The van der Waals surface area contributed by atoms with Crippen molar-refractivity contribution >= 4 is 33.9 Å². The molecule has 0 unspecified atom stereocenters. The average molecular weight is 328 g/mol. The summed E-state index contributed by atoms with van der Waals surface area (Å²) in [7, 11) is 1.47. The summed E-state index contributed by atoms with van der Waals surface area (Å²) in [6, 6.07) is 10.1. The lowest BCUT2D eigenvalue weighted by Crippen LogP contribution is -2.42. The van der Waals surface area contributed by atoms with E-state index in [0.717, 1.165) is 4.68 Å². The van der Waals surface area contributed by atoms with E-state index in [2.05, 4.69) is 16.0 Å². The Labute approximate surface area is 134 Å². The molecule has 2 N–H and O–H groups in total. The molecule has 8 heteroatoms. The fraction of sp³-hybridized carbons (Fsp3) is 0.0667. The Morgan fingerprint density at radius 2 is 1.74 bits per heavy atom. The van der Waals surface area contributed by atoms with E-state index in [1.54, 1.807) is 41.8 Å². The Morgan fingerprint density at radius 1 is 1.04 bits per heavy atom. The molecular weight excluding hydrogens is 316 g/mol. The second-order valence-corrected chi connectivity index (χ2v) is 5.66. The summed E-state index contributed by atoms with van der Waals surface area (Å²) < 4.78 is 1.10. The highest BCUT2D eigenvalue weighted by atomic mass is 32.1. The van der Waals surface area contributed by atoms with Crippen LogP contribution in [0.4, 0.5) is 0 Å². The summed E-state index contributed by atoms with van der Waals surface area (Å²) in [6.07, 6.45) is 0. The molecule has 3 aromatic rings. The first-order valence-electron chi connectivity index (χ1n) is 6.68. The number of aryl methyl sites for hydroxylation is 1. The highest BCUT2D eigenvalue weighted by Gasteiger charge is 2.16. The van der Waals surface area contributed by atoms with Crippen molar-refractivity contribution in [3.63, 3.8) is 0 Å². The molecule has 1 aromatic carbocycles. The van der Waals surface area contributed by atoms with Crippen LogP contribution in [0.25, 0.3) is 10.8 Å². The van der Waals surface area contributed by atoms with Gasteiger partial charge in [0.25, 0.3) is 17.4 Å². The Morgan fingerprint density at radius 3 is 2.43 bits per heavy atom. The van der Waals surface area contributed by atoms with E-state index in [4.69, 9.17) is 0 Å². The maximum Gasteiger partial charge on any atom is 0.290 e. The summed E-state index contributed by atoms with van der Waals surface area (Å²) in [4.78, 5) is 36.6. The molecule has 2 heterocycles. The zero-order chi connectivity index (χ0) is 16.4. The number of fused-ring (bicyclic) bond motifs is 1. The van der Waals surface area contributed by atoms with E-state index in [1.807, 2.05) is 0 Å². The summed E-state index contributed by atoms with van der Waals surface area (Å²) in [5.74, 6) is -1.01. The first-order chi connectivity index (χ1) is 11.1. The molecule has 0 fully saturated rings. The van der Waals surface area contributed by atoms with Crippen molar-refractivity contribution in [1.29, 1.82) is 0 Å². The molecule has 2 aromatic heterocycles. The van der Waals surface area contributed by atoms with Gasteiger partial charge in [0.2, 0.25) is 0 Å². The van der Waals surface area contributed by atoms with Crippen LogP contribution in [0.2, 0.25) is 0 Å². The fourth-order valence-electron chi connectivity index (χ4n) is 2.11. The third-order valence-electron chi connectivity index (χ3n) is 3.21. The third-order valence-corrected chi connectivity index (χ3v) is 4.07. The van der Waals surface area contributed by atoms with Crippen molar-refractivity contribution in [2.24, 2.45) is 7.05 Å². The van der Waals surface area contributed by atoms with Crippen LogP contribution in [-0.2, 0) is 7.05 Å². The standard InChI is InChI=1S/C15H12N4O3S/c1-19-15(22)10-6-3-2-5-9(10)12(18-19)14(21)17-16-13(20)11-7-4-8-23-11/h2-8H,1H3,(H,16,20)(H,17,21). The molecule has 0 radical (unpaired) electrons. The second kappa shape index (κ2) is 6.01. The van der Waals surface area contributed by atoms with Crippen LogP contribution >= 0.6 is 11.3 Å². The minimum Gasteiger partial charge on any atom is -0.267 e. The van der Waals surface area contributed by atoms with E-state index >= 15 is 0 Å². The van der Waals surface area contributed by atoms with Crippen LogP contribution in [0.1, 0.15) is 20.2 Å². The smallest absolute Gasteiger partial charge is 0.267 e. The van der Waals surface area contributed by atoms with Crippen LogP contribution in [0, 0.1) is 0 Å². The van der Waals surface area contributed by atoms with Crippen molar-refractivity contribution in [2.75, 3.05) is 0 Å². The van der Waals surface area contributed by atoms with Gasteiger partial charge in [-0.15, -0.1) is 11.3 Å². The first-order valence-corrected chi connectivity index (χ1v) is 7.56. The number of benzene rings is 1. The first kappa shape index (κ1) is 14.9. The predicted molar refractivity (Wildman–Crippen MR) is 86.2 cm³/mol. The normalized spacial score (nSPS) is 10.5. The van der Waals surface area contributed by atoms with Gasteiger partial charge in [-0.1, -0.05) is 24.3 Å². The predicted octanol–water partition coefficient (Wildman–Crippen LogP) is 1.07. The lowest BCUT2D eigenvalue weighted by atomic mass is 10.1. The topological polar surface area (TPSA) is 93.1 Å². The van der Waals surface area contributed by atoms with Gasteiger partial charge in [-0.05, 0) is 17.5 Å². The Bertz CT molecular complexity index is 947. The summed E-state index contributed by atoms with van der Waals surface area (Å²) in [5, 5.41) is 6.57. The van der Waals surface area contributed by atoms with Gasteiger partial charge < -0.3 is 0 Å². The van der Waals surface area contributed by atoms with Crippen LogP contribution in [0.5, 0.6) is 0 Å². The maximum absolute atomic E-state index is 12.3. The molecule has 0 atom stereocenters. The number of carbonyl (C=O) groups is 2. The molecule has 23 heavy (non-hydrogen) atoms. The molecule has 0 bridgehead atoms.